The molecular weight excluding hydrogens is 318 g/mol. The minimum Gasteiger partial charge on any atom is -0.459 e. The Morgan fingerprint density at radius 2 is 1.96 bits per heavy atom. The molecule has 0 aliphatic carbocycles. The highest BCUT2D eigenvalue weighted by Gasteiger charge is 2.23. The molecule has 0 unspecified atom stereocenters. The van der Waals surface area contributed by atoms with Gasteiger partial charge in [0.05, 0.1) is 11.3 Å². The Morgan fingerprint density at radius 1 is 1.22 bits per heavy atom. The number of ether oxygens (including phenoxy) is 1. The molecule has 7 heteroatoms. The predicted molar refractivity (Wildman–Crippen MR) is 85.7 cm³/mol. The molecule has 0 bridgehead atoms. The first-order chi connectivity index (χ1) is 10.8. The first kappa shape index (κ1) is 17.0. The maximum Gasteiger partial charge on any atom is 0.348 e. The summed E-state index contributed by atoms with van der Waals surface area (Å²) < 4.78 is 9.98. The largest absolute Gasteiger partial charge is 0.459 e. The molecule has 0 aliphatic heterocycles. The van der Waals surface area contributed by atoms with Gasteiger partial charge < -0.3 is 14.5 Å². The second-order valence-electron chi connectivity index (χ2n) is 5.84. The van der Waals surface area contributed by atoms with Crippen LogP contribution in [0.15, 0.2) is 34.9 Å². The zero-order valence-corrected chi connectivity index (χ0v) is 13.9. The fourth-order valence-corrected chi connectivity index (χ4v) is 2.31. The lowest BCUT2D eigenvalue weighted by Gasteiger charge is -2.15. The van der Waals surface area contributed by atoms with Gasteiger partial charge in [0.1, 0.15) is 4.88 Å². The summed E-state index contributed by atoms with van der Waals surface area (Å²) in [7, 11) is 0. The second-order valence-corrected chi connectivity index (χ2v) is 6.93. The summed E-state index contributed by atoms with van der Waals surface area (Å²) in [5, 5.41) is 3.11. The van der Waals surface area contributed by atoms with E-state index in [1.807, 2.05) is 0 Å². The molecule has 2 heterocycles. The van der Waals surface area contributed by atoms with Gasteiger partial charge in [-0.2, -0.15) is 0 Å². The number of carbonyl (C=O) groups is 3. The number of carbonyl (C=O) groups excluding carboxylic acids is 3. The van der Waals surface area contributed by atoms with Crippen LogP contribution in [-0.2, 0) is 9.53 Å². The molecule has 2 rings (SSSR count). The summed E-state index contributed by atoms with van der Waals surface area (Å²) in [5.41, 5.74) is -0.558. The molecule has 122 valence electrons. The number of thiophene rings is 1. The van der Waals surface area contributed by atoms with Crippen LogP contribution in [0.1, 0.15) is 41.0 Å². The number of Topliss-reactive ketones (excluding diaryl/α,β-unsaturated/α-hetero) is 1. The monoisotopic (exact) mass is 335 g/mol. The van der Waals surface area contributed by atoms with E-state index in [1.54, 1.807) is 32.9 Å². The highest BCUT2D eigenvalue weighted by Crippen LogP contribution is 2.24. The van der Waals surface area contributed by atoms with Gasteiger partial charge in [-0.3, -0.25) is 9.59 Å². The zero-order chi connectivity index (χ0) is 17.0. The molecule has 0 fully saturated rings. The minimum atomic E-state index is -0.592. The van der Waals surface area contributed by atoms with Crippen molar-refractivity contribution in [1.29, 1.82) is 0 Å². The molecule has 1 N–H and O–H groups in total. The van der Waals surface area contributed by atoms with E-state index in [0.29, 0.717) is 9.88 Å². The number of anilines is 1. The van der Waals surface area contributed by atoms with Crippen molar-refractivity contribution in [1.82, 2.24) is 0 Å². The van der Waals surface area contributed by atoms with Gasteiger partial charge in [0, 0.05) is 5.41 Å². The van der Waals surface area contributed by atoms with Crippen LogP contribution in [0.3, 0.4) is 0 Å². The summed E-state index contributed by atoms with van der Waals surface area (Å²) in [6, 6.07) is 6.27. The first-order valence-corrected chi connectivity index (χ1v) is 7.74. The molecule has 6 nitrogen and oxygen atoms in total. The van der Waals surface area contributed by atoms with Crippen LogP contribution in [0.2, 0.25) is 0 Å². The molecule has 0 saturated carbocycles. The van der Waals surface area contributed by atoms with Gasteiger partial charge in [-0.05, 0) is 24.3 Å². The van der Waals surface area contributed by atoms with E-state index in [-0.39, 0.29) is 18.2 Å². The Bertz CT molecular complexity index is 709. The van der Waals surface area contributed by atoms with E-state index in [9.17, 15) is 14.4 Å². The van der Waals surface area contributed by atoms with Crippen molar-refractivity contribution in [3.63, 3.8) is 0 Å². The molecule has 0 aromatic carbocycles. The van der Waals surface area contributed by atoms with Gasteiger partial charge in [-0.1, -0.05) is 20.8 Å². The Kier molecular flexibility index (Phi) is 5.00. The summed E-state index contributed by atoms with van der Waals surface area (Å²) in [6.45, 7) is 5.01. The van der Waals surface area contributed by atoms with Crippen molar-refractivity contribution >= 4 is 34.0 Å². The summed E-state index contributed by atoms with van der Waals surface area (Å²) in [4.78, 5) is 35.8. The molecule has 0 spiro atoms. The number of esters is 1. The Balaban J connectivity index is 1.92. The van der Waals surface area contributed by atoms with E-state index in [0.717, 1.165) is 11.3 Å². The summed E-state index contributed by atoms with van der Waals surface area (Å²) in [6.07, 6.45) is 1.40. The van der Waals surface area contributed by atoms with Crippen molar-refractivity contribution in [2.75, 3.05) is 11.9 Å². The second kappa shape index (κ2) is 6.78. The standard InChI is InChI=1S/C16H17NO5S/c1-16(2,3)12(18)9-22-15(20)11-6-7-13(23-11)17-14(19)10-5-4-8-21-10/h4-8H,9H2,1-3H3,(H,17,19). The molecule has 0 aliphatic rings. The Hall–Kier alpha value is -2.41. The lowest BCUT2D eigenvalue weighted by Crippen LogP contribution is -2.26. The maximum absolute atomic E-state index is 11.9. The highest BCUT2D eigenvalue weighted by molar-refractivity contribution is 7.18. The van der Waals surface area contributed by atoms with Crippen molar-refractivity contribution in [3.8, 4) is 0 Å². The third kappa shape index (κ3) is 4.53. The van der Waals surface area contributed by atoms with Crippen LogP contribution in [0.4, 0.5) is 5.00 Å². The lowest BCUT2D eigenvalue weighted by molar-refractivity contribution is -0.129. The Labute approximate surface area is 137 Å². The van der Waals surface area contributed by atoms with Gasteiger partial charge in [-0.25, -0.2) is 4.79 Å². The Morgan fingerprint density at radius 3 is 2.57 bits per heavy atom. The quantitative estimate of drug-likeness (QED) is 0.847. The van der Waals surface area contributed by atoms with Gasteiger partial charge in [0.15, 0.2) is 18.2 Å². The molecule has 0 radical (unpaired) electrons. The molecule has 2 aromatic rings. The third-order valence-corrected chi connectivity index (χ3v) is 3.94. The number of furan rings is 1. The number of hydrogen-bond acceptors (Lipinski definition) is 6. The molecular formula is C16H17NO5S. The van der Waals surface area contributed by atoms with Crippen molar-refractivity contribution in [2.24, 2.45) is 5.41 Å². The van der Waals surface area contributed by atoms with Gasteiger partial charge in [-0.15, -0.1) is 11.3 Å². The fourth-order valence-electron chi connectivity index (χ4n) is 1.51. The first-order valence-electron chi connectivity index (χ1n) is 6.92. The van der Waals surface area contributed by atoms with E-state index in [1.165, 1.54) is 18.4 Å². The van der Waals surface area contributed by atoms with Crippen molar-refractivity contribution in [2.45, 2.75) is 20.8 Å². The maximum atomic E-state index is 11.9. The number of ketones is 1. The minimum absolute atomic E-state index is 0.159. The van der Waals surface area contributed by atoms with E-state index in [4.69, 9.17) is 9.15 Å². The molecule has 2 aromatic heterocycles. The van der Waals surface area contributed by atoms with Crippen LogP contribution in [0, 0.1) is 5.41 Å². The van der Waals surface area contributed by atoms with Crippen LogP contribution in [-0.4, -0.2) is 24.3 Å². The number of amides is 1. The van der Waals surface area contributed by atoms with Gasteiger partial charge in [0.2, 0.25) is 0 Å². The molecule has 0 saturated heterocycles. The van der Waals surface area contributed by atoms with E-state index < -0.39 is 17.3 Å². The SMILES string of the molecule is CC(C)(C)C(=O)COC(=O)c1ccc(NC(=O)c2ccco2)s1. The topological polar surface area (TPSA) is 85.6 Å². The van der Waals surface area contributed by atoms with Crippen LogP contribution >= 0.6 is 11.3 Å². The summed E-state index contributed by atoms with van der Waals surface area (Å²) >= 11 is 1.07. The van der Waals surface area contributed by atoms with Crippen LogP contribution in [0.25, 0.3) is 0 Å². The average Bonchev–Trinajstić information content (AvgIpc) is 3.14. The number of rotatable bonds is 5. The average molecular weight is 335 g/mol. The molecule has 0 atom stereocenters. The predicted octanol–water partition coefficient (Wildman–Crippen LogP) is 3.37. The van der Waals surface area contributed by atoms with Gasteiger partial charge >= 0.3 is 5.97 Å². The molecule has 1 amide bonds. The number of hydrogen-bond donors (Lipinski definition) is 1. The highest BCUT2D eigenvalue weighted by atomic mass is 32.1. The number of nitrogens with one attached hydrogen (secondary N) is 1. The lowest BCUT2D eigenvalue weighted by atomic mass is 9.91. The summed E-state index contributed by atoms with van der Waals surface area (Å²) in [5.74, 6) is -0.974. The molecule has 23 heavy (non-hydrogen) atoms. The smallest absolute Gasteiger partial charge is 0.348 e. The van der Waals surface area contributed by atoms with E-state index in [2.05, 4.69) is 5.32 Å². The zero-order valence-electron chi connectivity index (χ0n) is 13.0. The van der Waals surface area contributed by atoms with Gasteiger partial charge in [0.25, 0.3) is 5.91 Å². The van der Waals surface area contributed by atoms with Crippen LogP contribution in [0.5, 0.6) is 0 Å². The normalized spacial score (nSPS) is 11.1. The third-order valence-electron chi connectivity index (χ3n) is 2.96. The van der Waals surface area contributed by atoms with Crippen molar-refractivity contribution < 1.29 is 23.5 Å². The van der Waals surface area contributed by atoms with E-state index >= 15 is 0 Å². The van der Waals surface area contributed by atoms with Crippen LogP contribution < -0.4 is 5.32 Å². The van der Waals surface area contributed by atoms with Crippen molar-refractivity contribution in [3.05, 3.63) is 41.2 Å². The fraction of sp³-hybridized carbons (Fsp3) is 0.312.